The van der Waals surface area contributed by atoms with Crippen molar-refractivity contribution in [3.8, 4) is 22.9 Å². The Labute approximate surface area is 218 Å². The predicted octanol–water partition coefficient (Wildman–Crippen LogP) is 2.97. The maximum Gasteiger partial charge on any atom is 0.248 e. The van der Waals surface area contributed by atoms with Gasteiger partial charge >= 0.3 is 0 Å². The average molecular weight is 520 g/mol. The molecular formula is C27H26FN5O5. The molecular weight excluding hydrogens is 493 g/mol. The number of aryl methyl sites for hydroxylation is 1. The van der Waals surface area contributed by atoms with Crippen LogP contribution in [0.1, 0.15) is 36.1 Å². The number of alkyl halides is 1. The summed E-state index contributed by atoms with van der Waals surface area (Å²) in [4.78, 5) is 25.6. The van der Waals surface area contributed by atoms with Gasteiger partial charge in [0.2, 0.25) is 23.6 Å². The highest BCUT2D eigenvalue weighted by Gasteiger charge is 2.47. The van der Waals surface area contributed by atoms with E-state index in [0.29, 0.717) is 23.9 Å². The molecule has 3 aromatic rings. The van der Waals surface area contributed by atoms with Gasteiger partial charge in [0.1, 0.15) is 24.5 Å². The van der Waals surface area contributed by atoms with E-state index in [4.69, 9.17) is 14.3 Å². The number of likely N-dealkylation sites (tertiary alicyclic amines) is 1. The number of halogens is 1. The van der Waals surface area contributed by atoms with Gasteiger partial charge in [-0.15, -0.1) is 10.2 Å². The number of amides is 2. The van der Waals surface area contributed by atoms with E-state index in [1.165, 1.54) is 4.90 Å². The minimum Gasteiger partial charge on any atom is -0.486 e. The first kappa shape index (κ1) is 25.4. The highest BCUT2D eigenvalue weighted by atomic mass is 19.1. The molecule has 1 aromatic heterocycles. The minimum atomic E-state index is -1.44. The number of hydrogen-bond acceptors (Lipinski definition) is 8. The number of piperidine rings is 1. The van der Waals surface area contributed by atoms with Crippen molar-refractivity contribution in [2.24, 2.45) is 5.92 Å². The maximum absolute atomic E-state index is 14.7. The predicted molar refractivity (Wildman–Crippen MR) is 133 cm³/mol. The van der Waals surface area contributed by atoms with Gasteiger partial charge in [-0.25, -0.2) is 4.39 Å². The van der Waals surface area contributed by atoms with Crippen molar-refractivity contribution in [3.63, 3.8) is 0 Å². The van der Waals surface area contributed by atoms with Crippen LogP contribution in [-0.4, -0.2) is 64.0 Å². The number of carbonyl (C=O) groups excluding carboxylic acids is 2. The van der Waals surface area contributed by atoms with Crippen molar-refractivity contribution < 1.29 is 28.2 Å². The van der Waals surface area contributed by atoms with Crippen molar-refractivity contribution in [2.75, 3.05) is 25.0 Å². The molecule has 2 fully saturated rings. The molecule has 38 heavy (non-hydrogen) atoms. The largest absolute Gasteiger partial charge is 0.486 e. The molecule has 1 unspecified atom stereocenters. The Morgan fingerprint density at radius 1 is 1.26 bits per heavy atom. The number of aliphatic hydroxyl groups excluding tert-OH is 1. The van der Waals surface area contributed by atoms with Gasteiger partial charge < -0.3 is 24.5 Å². The first-order valence-electron chi connectivity index (χ1n) is 12.3. The average Bonchev–Trinajstić information content (AvgIpc) is 3.62. The highest BCUT2D eigenvalue weighted by molar-refractivity contribution is 5.95. The van der Waals surface area contributed by atoms with E-state index < -0.39 is 24.8 Å². The third-order valence-corrected chi connectivity index (χ3v) is 6.80. The van der Waals surface area contributed by atoms with Crippen LogP contribution in [0, 0.1) is 24.2 Å². The zero-order valence-electron chi connectivity index (χ0n) is 20.6. The number of anilines is 1. The molecule has 2 amide bonds. The molecule has 4 atom stereocenters. The summed E-state index contributed by atoms with van der Waals surface area (Å²) in [5.41, 5.74) is 2.37. The molecule has 1 saturated carbocycles. The third kappa shape index (κ3) is 5.35. The Kier molecular flexibility index (Phi) is 7.07. The first-order valence-corrected chi connectivity index (χ1v) is 12.3. The summed E-state index contributed by atoms with van der Waals surface area (Å²) in [5, 5.41) is 29.5. The Balaban J connectivity index is 1.25. The van der Waals surface area contributed by atoms with E-state index >= 15 is 0 Å². The second kappa shape index (κ2) is 10.6. The van der Waals surface area contributed by atoms with E-state index in [2.05, 4.69) is 21.6 Å². The highest BCUT2D eigenvalue weighted by Crippen LogP contribution is 2.47. The summed E-state index contributed by atoms with van der Waals surface area (Å²) in [5.74, 6) is 0.251. The van der Waals surface area contributed by atoms with Gasteiger partial charge in [-0.3, -0.25) is 9.59 Å². The topological polar surface area (TPSA) is 142 Å². The Morgan fingerprint density at radius 2 is 2.08 bits per heavy atom. The summed E-state index contributed by atoms with van der Waals surface area (Å²) >= 11 is 0. The quantitative estimate of drug-likeness (QED) is 0.485. The number of rotatable bonds is 7. The van der Waals surface area contributed by atoms with Crippen LogP contribution in [0.25, 0.3) is 11.1 Å². The van der Waals surface area contributed by atoms with Gasteiger partial charge in [0, 0.05) is 31.5 Å². The van der Waals surface area contributed by atoms with Crippen molar-refractivity contribution in [3.05, 3.63) is 59.8 Å². The molecule has 0 radical (unpaired) electrons. The normalized spacial score (nSPS) is 22.4. The lowest BCUT2D eigenvalue weighted by Gasteiger charge is -2.34. The molecule has 10 nitrogen and oxygen atoms in total. The molecule has 1 aliphatic heterocycles. The smallest absolute Gasteiger partial charge is 0.248 e. The zero-order valence-corrected chi connectivity index (χ0v) is 20.6. The lowest BCUT2D eigenvalue weighted by atomic mass is 10.0. The van der Waals surface area contributed by atoms with Gasteiger partial charge in [0.05, 0.1) is 18.0 Å². The number of nitriles is 1. The van der Waals surface area contributed by atoms with Gasteiger partial charge in [-0.2, -0.15) is 5.26 Å². The SMILES string of the molecule is Cc1nnc([C@@H]2CC2C(=O)Nc2cccc(-c3ccc(O[C@H]4CCN(C(=O)CO)C[C@H]4F)c(C#N)c3)c2)o1. The summed E-state index contributed by atoms with van der Waals surface area (Å²) in [6, 6.07) is 14.4. The standard InChI is InChI=1S/C27H26FN5O5/c1-15-31-32-27(37-15)21-11-20(21)26(36)30-19-4-2-3-16(10-19)17-5-6-23(18(9-17)12-29)38-24-7-8-33(13-22(24)28)25(35)14-34/h2-6,9-10,20-22,24,34H,7-8,11,13-14H2,1H3,(H,30,36)/t20?,21-,22-,24+/m1/s1. The third-order valence-electron chi connectivity index (χ3n) is 6.80. The molecule has 196 valence electrons. The number of carbonyl (C=O) groups is 2. The Morgan fingerprint density at radius 3 is 2.79 bits per heavy atom. The second-order valence-electron chi connectivity index (χ2n) is 9.46. The molecule has 2 aromatic carbocycles. The van der Waals surface area contributed by atoms with Crippen molar-refractivity contribution >= 4 is 17.5 Å². The van der Waals surface area contributed by atoms with Crippen LogP contribution in [0.2, 0.25) is 0 Å². The van der Waals surface area contributed by atoms with Crippen LogP contribution in [0.3, 0.4) is 0 Å². The van der Waals surface area contributed by atoms with Crippen molar-refractivity contribution in [2.45, 2.75) is 38.0 Å². The monoisotopic (exact) mass is 519 g/mol. The van der Waals surface area contributed by atoms with Crippen molar-refractivity contribution in [1.82, 2.24) is 15.1 Å². The van der Waals surface area contributed by atoms with Crippen LogP contribution in [0.15, 0.2) is 46.9 Å². The van der Waals surface area contributed by atoms with Crippen molar-refractivity contribution in [1.29, 1.82) is 5.26 Å². The van der Waals surface area contributed by atoms with Crippen LogP contribution in [0.5, 0.6) is 5.75 Å². The lowest BCUT2D eigenvalue weighted by Crippen LogP contribution is -2.50. The van der Waals surface area contributed by atoms with Gasteiger partial charge in [-0.1, -0.05) is 18.2 Å². The van der Waals surface area contributed by atoms with E-state index in [1.807, 2.05) is 18.2 Å². The lowest BCUT2D eigenvalue weighted by molar-refractivity contribution is -0.138. The molecule has 1 aliphatic carbocycles. The first-order chi connectivity index (χ1) is 18.4. The Hall–Kier alpha value is -4.30. The van der Waals surface area contributed by atoms with Gasteiger partial charge in [0.25, 0.3) is 0 Å². The molecule has 2 aliphatic rings. The van der Waals surface area contributed by atoms with Crippen LogP contribution >= 0.6 is 0 Å². The number of aromatic nitrogens is 2. The molecule has 11 heteroatoms. The number of hydrogen-bond donors (Lipinski definition) is 2. The fourth-order valence-corrected chi connectivity index (χ4v) is 4.64. The van der Waals surface area contributed by atoms with E-state index in [1.54, 1.807) is 31.2 Å². The number of aliphatic hydroxyl groups is 1. The van der Waals surface area contributed by atoms with Crippen LogP contribution < -0.4 is 10.1 Å². The molecule has 0 bridgehead atoms. The van der Waals surface area contributed by atoms with Crippen LogP contribution in [0.4, 0.5) is 10.1 Å². The number of benzene rings is 2. The van der Waals surface area contributed by atoms with E-state index in [9.17, 15) is 19.2 Å². The summed E-state index contributed by atoms with van der Waals surface area (Å²) < 4.78 is 25.9. The summed E-state index contributed by atoms with van der Waals surface area (Å²) in [6.07, 6.45) is -1.36. The second-order valence-corrected chi connectivity index (χ2v) is 9.46. The fraction of sp³-hybridized carbons (Fsp3) is 0.370. The number of nitrogens with one attached hydrogen (secondary N) is 1. The summed E-state index contributed by atoms with van der Waals surface area (Å²) in [6.45, 7) is 1.14. The molecule has 1 saturated heterocycles. The fourth-order valence-electron chi connectivity index (χ4n) is 4.64. The number of ether oxygens (including phenoxy) is 1. The Bertz CT molecular complexity index is 1400. The summed E-state index contributed by atoms with van der Waals surface area (Å²) in [7, 11) is 0. The minimum absolute atomic E-state index is 0.0727. The molecule has 5 rings (SSSR count). The molecule has 2 N–H and O–H groups in total. The molecule has 0 spiro atoms. The zero-order chi connectivity index (χ0) is 26.8. The number of nitrogens with zero attached hydrogens (tertiary/aromatic N) is 4. The van der Waals surface area contributed by atoms with Crippen LogP contribution in [-0.2, 0) is 9.59 Å². The van der Waals surface area contributed by atoms with Gasteiger partial charge in [-0.05, 0) is 41.8 Å². The maximum atomic E-state index is 14.7. The van der Waals surface area contributed by atoms with E-state index in [-0.39, 0.29) is 48.6 Å². The molecule has 2 heterocycles. The van der Waals surface area contributed by atoms with E-state index in [0.717, 1.165) is 11.1 Å². The van der Waals surface area contributed by atoms with Gasteiger partial charge in [0.15, 0.2) is 6.17 Å².